The molecule has 1 aliphatic heterocycles. The van der Waals surface area contributed by atoms with E-state index in [4.69, 9.17) is 16.3 Å². The SMILES string of the molecule is C=C(Nc1ccc(Cl)cn1)c1ncccc1NC(=O)c1ccc(N2CCCN(C(=O)OC(C)(C)C)CC2)nn1. The summed E-state index contributed by atoms with van der Waals surface area (Å²) in [7, 11) is 0. The third kappa shape index (κ3) is 7.64. The van der Waals surface area contributed by atoms with Gasteiger partial charge in [0, 0.05) is 38.6 Å². The monoisotopic (exact) mass is 550 g/mol. The molecule has 2 N–H and O–H groups in total. The van der Waals surface area contributed by atoms with Gasteiger partial charge in [-0.15, -0.1) is 10.2 Å². The normalized spacial score (nSPS) is 13.8. The highest BCUT2D eigenvalue weighted by Crippen LogP contribution is 2.23. The van der Waals surface area contributed by atoms with Gasteiger partial charge < -0.3 is 25.2 Å². The maximum Gasteiger partial charge on any atom is 0.410 e. The van der Waals surface area contributed by atoms with Gasteiger partial charge in [-0.2, -0.15) is 0 Å². The van der Waals surface area contributed by atoms with E-state index in [9.17, 15) is 9.59 Å². The van der Waals surface area contributed by atoms with Crippen molar-refractivity contribution < 1.29 is 14.3 Å². The van der Waals surface area contributed by atoms with Crippen LogP contribution in [0.5, 0.6) is 0 Å². The molecule has 0 aliphatic carbocycles. The van der Waals surface area contributed by atoms with E-state index in [0.717, 1.165) is 6.42 Å². The van der Waals surface area contributed by atoms with Crippen molar-refractivity contribution in [3.05, 3.63) is 71.8 Å². The van der Waals surface area contributed by atoms with Crippen molar-refractivity contribution in [3.63, 3.8) is 0 Å². The molecular formula is C27H31ClN8O3. The van der Waals surface area contributed by atoms with Crippen LogP contribution in [-0.4, -0.2) is 68.8 Å². The van der Waals surface area contributed by atoms with Crippen molar-refractivity contribution in [2.75, 3.05) is 41.7 Å². The van der Waals surface area contributed by atoms with E-state index in [0.29, 0.717) is 59.9 Å². The molecule has 3 aromatic heterocycles. The Morgan fingerprint density at radius 1 is 1.00 bits per heavy atom. The highest BCUT2D eigenvalue weighted by atomic mass is 35.5. The number of carbonyl (C=O) groups is 2. The lowest BCUT2D eigenvalue weighted by molar-refractivity contribution is 0.0263. The number of nitrogens with zero attached hydrogens (tertiary/aromatic N) is 6. The third-order valence-corrected chi connectivity index (χ3v) is 5.93. The van der Waals surface area contributed by atoms with Gasteiger partial charge in [0.05, 0.1) is 16.4 Å². The van der Waals surface area contributed by atoms with Gasteiger partial charge >= 0.3 is 6.09 Å². The molecule has 3 aromatic rings. The number of hydrogen-bond donors (Lipinski definition) is 2. The van der Waals surface area contributed by atoms with E-state index in [1.165, 1.54) is 6.20 Å². The van der Waals surface area contributed by atoms with Crippen LogP contribution in [0.4, 0.5) is 22.1 Å². The Hall–Kier alpha value is -4.25. The summed E-state index contributed by atoms with van der Waals surface area (Å²) in [4.78, 5) is 37.7. The van der Waals surface area contributed by atoms with E-state index >= 15 is 0 Å². The van der Waals surface area contributed by atoms with Gasteiger partial charge in [-0.3, -0.25) is 9.78 Å². The molecule has 1 saturated heterocycles. The standard InChI is InChI=1S/C27H31ClN8O3/c1-18(31-22-10-8-19(28)17-30-22)24-20(7-5-12-29-24)32-25(37)21-9-11-23(34-33-21)35-13-6-14-36(16-15-35)26(38)39-27(2,3)4/h5,7-12,17H,1,6,13-16H2,2-4H3,(H,30,31)(H,32,37). The predicted octanol–water partition coefficient (Wildman–Crippen LogP) is 4.70. The second kappa shape index (κ2) is 12.1. The molecule has 204 valence electrons. The minimum atomic E-state index is -0.542. The zero-order valence-electron chi connectivity index (χ0n) is 22.1. The largest absolute Gasteiger partial charge is 0.444 e. The van der Waals surface area contributed by atoms with Gasteiger partial charge in [0.25, 0.3) is 5.91 Å². The Labute approximate surface area is 232 Å². The molecule has 11 nitrogen and oxygen atoms in total. The van der Waals surface area contributed by atoms with Crippen LogP contribution in [0, 0.1) is 0 Å². The highest BCUT2D eigenvalue weighted by molar-refractivity contribution is 6.30. The van der Waals surface area contributed by atoms with Gasteiger partial charge in [-0.25, -0.2) is 9.78 Å². The molecule has 0 radical (unpaired) electrons. The molecule has 2 amide bonds. The Morgan fingerprint density at radius 2 is 1.82 bits per heavy atom. The van der Waals surface area contributed by atoms with Crippen molar-refractivity contribution in [2.45, 2.75) is 32.8 Å². The smallest absolute Gasteiger partial charge is 0.410 e. The van der Waals surface area contributed by atoms with Gasteiger partial charge in [0.15, 0.2) is 11.5 Å². The Bertz CT molecular complexity index is 1330. The summed E-state index contributed by atoms with van der Waals surface area (Å²) < 4.78 is 5.50. The van der Waals surface area contributed by atoms with Crippen LogP contribution >= 0.6 is 11.6 Å². The van der Waals surface area contributed by atoms with E-state index in [1.807, 2.05) is 25.7 Å². The van der Waals surface area contributed by atoms with Crippen LogP contribution in [0.2, 0.25) is 5.02 Å². The maximum atomic E-state index is 13.0. The number of aromatic nitrogens is 4. The number of hydrogen-bond acceptors (Lipinski definition) is 9. The lowest BCUT2D eigenvalue weighted by atomic mass is 10.2. The first-order valence-corrected chi connectivity index (χ1v) is 12.9. The zero-order valence-corrected chi connectivity index (χ0v) is 22.9. The van der Waals surface area contributed by atoms with Crippen molar-refractivity contribution in [1.82, 2.24) is 25.1 Å². The van der Waals surface area contributed by atoms with Crippen molar-refractivity contribution in [2.24, 2.45) is 0 Å². The number of anilines is 3. The van der Waals surface area contributed by atoms with Crippen LogP contribution in [-0.2, 0) is 4.74 Å². The lowest BCUT2D eigenvalue weighted by Gasteiger charge is -2.26. The zero-order chi connectivity index (χ0) is 28.0. The van der Waals surface area contributed by atoms with Gasteiger partial charge in [-0.05, 0) is 63.6 Å². The van der Waals surface area contributed by atoms with Crippen LogP contribution in [0.25, 0.3) is 5.70 Å². The Balaban J connectivity index is 1.38. The second-order valence-electron chi connectivity index (χ2n) is 9.90. The molecule has 12 heteroatoms. The average Bonchev–Trinajstić information content (AvgIpc) is 3.16. The van der Waals surface area contributed by atoms with E-state index in [1.54, 1.807) is 47.5 Å². The average molecular weight is 551 g/mol. The fourth-order valence-electron chi connectivity index (χ4n) is 3.87. The summed E-state index contributed by atoms with van der Waals surface area (Å²) in [6.45, 7) is 12.0. The highest BCUT2D eigenvalue weighted by Gasteiger charge is 2.25. The fourth-order valence-corrected chi connectivity index (χ4v) is 3.98. The molecule has 0 saturated carbocycles. The molecule has 0 bridgehead atoms. The number of carbonyl (C=O) groups excluding carboxylic acids is 2. The van der Waals surface area contributed by atoms with Crippen LogP contribution in [0.15, 0.2) is 55.4 Å². The summed E-state index contributed by atoms with van der Waals surface area (Å²) in [6, 6.07) is 10.2. The number of ether oxygens (including phenoxy) is 1. The molecule has 4 rings (SSSR count). The minimum absolute atomic E-state index is 0.150. The summed E-state index contributed by atoms with van der Waals surface area (Å²) in [5, 5.41) is 14.8. The fraction of sp³-hybridized carbons (Fsp3) is 0.333. The lowest BCUT2D eigenvalue weighted by Crippen LogP contribution is -2.39. The minimum Gasteiger partial charge on any atom is -0.444 e. The molecule has 1 fully saturated rings. The van der Waals surface area contributed by atoms with Crippen LogP contribution in [0.1, 0.15) is 43.4 Å². The Kier molecular flexibility index (Phi) is 8.60. The first-order chi connectivity index (χ1) is 18.6. The first-order valence-electron chi connectivity index (χ1n) is 12.5. The molecule has 39 heavy (non-hydrogen) atoms. The van der Waals surface area contributed by atoms with Crippen molar-refractivity contribution in [3.8, 4) is 0 Å². The molecule has 0 atom stereocenters. The van der Waals surface area contributed by atoms with Crippen molar-refractivity contribution >= 4 is 46.6 Å². The molecule has 0 unspecified atom stereocenters. The molecule has 0 spiro atoms. The number of pyridine rings is 2. The summed E-state index contributed by atoms with van der Waals surface area (Å²) in [6.07, 6.45) is 3.56. The van der Waals surface area contributed by atoms with Crippen molar-refractivity contribution in [1.29, 1.82) is 0 Å². The van der Waals surface area contributed by atoms with E-state index < -0.39 is 11.5 Å². The summed E-state index contributed by atoms with van der Waals surface area (Å²) >= 11 is 5.90. The summed E-state index contributed by atoms with van der Waals surface area (Å²) in [5.41, 5.74) is 0.959. The molecule has 1 aliphatic rings. The molecular weight excluding hydrogens is 520 g/mol. The maximum absolute atomic E-state index is 13.0. The number of amides is 2. The number of rotatable bonds is 6. The predicted molar refractivity (Wildman–Crippen MR) is 151 cm³/mol. The van der Waals surface area contributed by atoms with Gasteiger partial charge in [0.1, 0.15) is 17.1 Å². The number of halogens is 1. The van der Waals surface area contributed by atoms with Gasteiger partial charge in [0.2, 0.25) is 0 Å². The second-order valence-corrected chi connectivity index (χ2v) is 10.3. The summed E-state index contributed by atoms with van der Waals surface area (Å²) in [5.74, 6) is 0.733. The van der Waals surface area contributed by atoms with Crippen LogP contribution < -0.4 is 15.5 Å². The quantitative estimate of drug-likeness (QED) is 0.449. The molecule has 4 heterocycles. The van der Waals surface area contributed by atoms with Crippen LogP contribution in [0.3, 0.4) is 0 Å². The third-order valence-electron chi connectivity index (χ3n) is 5.70. The van der Waals surface area contributed by atoms with Gasteiger partial charge in [-0.1, -0.05) is 18.2 Å². The topological polar surface area (TPSA) is 125 Å². The Morgan fingerprint density at radius 3 is 2.51 bits per heavy atom. The number of nitrogens with one attached hydrogen (secondary N) is 2. The van der Waals surface area contributed by atoms with E-state index in [2.05, 4.69) is 37.4 Å². The molecule has 0 aromatic carbocycles. The first kappa shape index (κ1) is 27.8. The van der Waals surface area contributed by atoms with E-state index in [-0.39, 0.29) is 11.8 Å².